The second-order valence-electron chi connectivity index (χ2n) is 7.44. The SMILES string of the molecule is C=C/C=C(\CN)N=C(OCC(C)C)SOCC1CC(OC[C@H](C)NC(C)=O)C1. The first-order valence-corrected chi connectivity index (χ1v) is 10.5. The monoisotopic (exact) mass is 413 g/mol. The Kier molecular flexibility index (Phi) is 12.1. The fourth-order valence-electron chi connectivity index (χ4n) is 2.51. The Labute approximate surface area is 173 Å². The summed E-state index contributed by atoms with van der Waals surface area (Å²) in [5.74, 6) is 0.809. The first-order valence-electron chi connectivity index (χ1n) is 9.75. The van der Waals surface area contributed by atoms with Gasteiger partial charge in [-0.15, -0.1) is 0 Å². The largest absolute Gasteiger partial charge is 0.471 e. The molecule has 1 rings (SSSR count). The fraction of sp³-hybridized carbons (Fsp3) is 0.700. The summed E-state index contributed by atoms with van der Waals surface area (Å²) in [4.78, 5) is 15.4. The Morgan fingerprint density at radius 3 is 2.64 bits per heavy atom. The van der Waals surface area contributed by atoms with Crippen LogP contribution < -0.4 is 11.1 Å². The quantitative estimate of drug-likeness (QED) is 0.221. The maximum absolute atomic E-state index is 11.0. The van der Waals surface area contributed by atoms with E-state index in [2.05, 4.69) is 30.7 Å². The van der Waals surface area contributed by atoms with Crippen LogP contribution in [-0.2, 0) is 18.5 Å². The number of aliphatic imine (C=N–C) groups is 1. The molecule has 0 aromatic carbocycles. The van der Waals surface area contributed by atoms with Gasteiger partial charge < -0.3 is 24.7 Å². The number of hydrogen-bond acceptors (Lipinski definition) is 7. The minimum atomic E-state index is -0.0362. The predicted octanol–water partition coefficient (Wildman–Crippen LogP) is 3.03. The molecule has 28 heavy (non-hydrogen) atoms. The molecule has 0 aromatic rings. The van der Waals surface area contributed by atoms with E-state index in [4.69, 9.17) is 19.4 Å². The van der Waals surface area contributed by atoms with E-state index in [1.165, 1.54) is 6.92 Å². The van der Waals surface area contributed by atoms with E-state index in [0.29, 0.717) is 49.1 Å². The molecular weight excluding hydrogens is 378 g/mol. The highest BCUT2D eigenvalue weighted by Gasteiger charge is 2.30. The van der Waals surface area contributed by atoms with Crippen molar-refractivity contribution in [1.29, 1.82) is 0 Å². The molecule has 0 bridgehead atoms. The number of carbonyl (C=O) groups excluding carboxylic acids is 1. The standard InChI is InChI=1S/C20H35N3O4S/c1-6-7-18(10-21)23-20(26-11-14(2)3)28-27-13-17-8-19(9-17)25-12-15(4)22-16(5)24/h6-7,14-15,17,19H,1,8-13,21H2,2-5H3,(H,22,24)/b18-7+,23-20?/t15-,17?,19?/m0/s1. The second-order valence-corrected chi connectivity index (χ2v) is 8.19. The van der Waals surface area contributed by atoms with Crippen LogP contribution in [0.2, 0.25) is 0 Å². The van der Waals surface area contributed by atoms with Gasteiger partial charge in [0.25, 0.3) is 5.23 Å². The van der Waals surface area contributed by atoms with Crippen LogP contribution >= 0.6 is 12.0 Å². The van der Waals surface area contributed by atoms with Crippen molar-refractivity contribution in [1.82, 2.24) is 5.32 Å². The topological polar surface area (TPSA) is 95.2 Å². The highest BCUT2D eigenvalue weighted by molar-refractivity contribution is 8.09. The minimum Gasteiger partial charge on any atom is -0.471 e. The van der Waals surface area contributed by atoms with Crippen LogP contribution in [0.25, 0.3) is 0 Å². The summed E-state index contributed by atoms with van der Waals surface area (Å²) >= 11 is 1.15. The molecule has 0 saturated heterocycles. The Morgan fingerprint density at radius 2 is 2.07 bits per heavy atom. The van der Waals surface area contributed by atoms with E-state index in [1.54, 1.807) is 12.2 Å². The number of nitrogens with zero attached hydrogens (tertiary/aromatic N) is 1. The van der Waals surface area contributed by atoms with Gasteiger partial charge in [-0.05, 0) is 37.7 Å². The maximum atomic E-state index is 11.0. The van der Waals surface area contributed by atoms with Crippen LogP contribution in [0.1, 0.15) is 40.5 Å². The average molecular weight is 414 g/mol. The number of carbonyl (C=O) groups is 1. The summed E-state index contributed by atoms with van der Waals surface area (Å²) in [6.07, 6.45) is 5.56. The summed E-state index contributed by atoms with van der Waals surface area (Å²) in [5, 5.41) is 3.28. The Hall–Kier alpha value is -1.35. The van der Waals surface area contributed by atoms with E-state index in [0.717, 1.165) is 24.9 Å². The molecule has 0 spiro atoms. The molecule has 7 nitrogen and oxygen atoms in total. The van der Waals surface area contributed by atoms with Gasteiger partial charge in [-0.2, -0.15) is 0 Å². The van der Waals surface area contributed by atoms with Crippen molar-refractivity contribution in [2.45, 2.75) is 52.7 Å². The molecule has 160 valence electrons. The summed E-state index contributed by atoms with van der Waals surface area (Å²) in [6.45, 7) is 13.3. The van der Waals surface area contributed by atoms with Crippen LogP contribution in [0.3, 0.4) is 0 Å². The molecule has 1 atom stereocenters. The van der Waals surface area contributed by atoms with Crippen molar-refractivity contribution in [2.24, 2.45) is 22.6 Å². The molecule has 1 saturated carbocycles. The van der Waals surface area contributed by atoms with E-state index in [9.17, 15) is 4.79 Å². The fourth-order valence-corrected chi connectivity index (χ4v) is 3.15. The highest BCUT2D eigenvalue weighted by Crippen LogP contribution is 2.31. The van der Waals surface area contributed by atoms with E-state index in [1.807, 2.05) is 6.92 Å². The third kappa shape index (κ3) is 10.8. The van der Waals surface area contributed by atoms with Crippen molar-refractivity contribution in [3.63, 3.8) is 0 Å². The molecule has 0 aliphatic heterocycles. The third-order valence-corrected chi connectivity index (χ3v) is 4.56. The summed E-state index contributed by atoms with van der Waals surface area (Å²) < 4.78 is 17.3. The van der Waals surface area contributed by atoms with E-state index in [-0.39, 0.29) is 18.1 Å². The average Bonchev–Trinajstić information content (AvgIpc) is 2.58. The molecule has 0 heterocycles. The first kappa shape index (κ1) is 24.7. The zero-order valence-corrected chi connectivity index (χ0v) is 18.3. The van der Waals surface area contributed by atoms with Crippen LogP contribution in [-0.4, -0.2) is 49.6 Å². The number of amides is 1. The van der Waals surface area contributed by atoms with Crippen LogP contribution in [0, 0.1) is 11.8 Å². The maximum Gasteiger partial charge on any atom is 0.278 e. The lowest BCUT2D eigenvalue weighted by molar-refractivity contribution is -0.120. The Morgan fingerprint density at radius 1 is 1.36 bits per heavy atom. The molecule has 0 radical (unpaired) electrons. The van der Waals surface area contributed by atoms with Gasteiger partial charge in [-0.25, -0.2) is 4.99 Å². The second kappa shape index (κ2) is 13.8. The van der Waals surface area contributed by atoms with Gasteiger partial charge in [0.15, 0.2) is 0 Å². The smallest absolute Gasteiger partial charge is 0.278 e. The van der Waals surface area contributed by atoms with E-state index < -0.39 is 0 Å². The molecule has 3 N–H and O–H groups in total. The summed E-state index contributed by atoms with van der Waals surface area (Å²) in [5.41, 5.74) is 6.39. The van der Waals surface area contributed by atoms with Crippen molar-refractivity contribution in [3.05, 3.63) is 24.4 Å². The van der Waals surface area contributed by atoms with Gasteiger partial charge in [0.2, 0.25) is 5.91 Å². The third-order valence-electron chi connectivity index (χ3n) is 3.95. The van der Waals surface area contributed by atoms with E-state index >= 15 is 0 Å². The van der Waals surface area contributed by atoms with Crippen molar-refractivity contribution in [3.8, 4) is 0 Å². The highest BCUT2D eigenvalue weighted by atomic mass is 32.2. The molecule has 0 unspecified atom stereocenters. The zero-order chi connectivity index (χ0) is 20.9. The Bertz CT molecular complexity index is 546. The number of nitrogens with one attached hydrogen (secondary N) is 1. The zero-order valence-electron chi connectivity index (χ0n) is 17.5. The lowest BCUT2D eigenvalue weighted by Gasteiger charge is -2.35. The van der Waals surface area contributed by atoms with Crippen LogP contribution in [0.4, 0.5) is 0 Å². The molecule has 1 amide bonds. The molecule has 1 aliphatic carbocycles. The first-order chi connectivity index (χ1) is 13.3. The number of nitrogens with two attached hydrogens (primary N) is 1. The Balaban J connectivity index is 2.33. The van der Waals surface area contributed by atoms with Crippen LogP contribution in [0.15, 0.2) is 29.4 Å². The molecule has 1 fully saturated rings. The van der Waals surface area contributed by atoms with Crippen LogP contribution in [0.5, 0.6) is 0 Å². The lowest BCUT2D eigenvalue weighted by atomic mass is 9.83. The number of hydrogen-bond donors (Lipinski definition) is 2. The van der Waals surface area contributed by atoms with Gasteiger partial charge in [0, 0.05) is 19.5 Å². The predicted molar refractivity (Wildman–Crippen MR) is 115 cm³/mol. The van der Waals surface area contributed by atoms with Crippen molar-refractivity contribution in [2.75, 3.05) is 26.4 Å². The van der Waals surface area contributed by atoms with Gasteiger partial charge in [0.1, 0.15) is 0 Å². The summed E-state index contributed by atoms with van der Waals surface area (Å²) in [7, 11) is 0. The molecule has 0 aromatic heterocycles. The number of allylic oxidation sites excluding steroid dienone is 2. The van der Waals surface area contributed by atoms with Crippen molar-refractivity contribution < 1.29 is 18.5 Å². The molecule has 1 aliphatic rings. The molecule has 8 heteroatoms. The van der Waals surface area contributed by atoms with Gasteiger partial charge >= 0.3 is 0 Å². The summed E-state index contributed by atoms with van der Waals surface area (Å²) in [6, 6.07) is 0.0283. The number of rotatable bonds is 12. The normalized spacial score (nSPS) is 21.2. The van der Waals surface area contributed by atoms with Gasteiger partial charge in [0.05, 0.1) is 43.7 Å². The minimum absolute atomic E-state index is 0.0283. The number of ether oxygens (including phenoxy) is 2. The van der Waals surface area contributed by atoms with Gasteiger partial charge in [-0.1, -0.05) is 26.5 Å². The molecular formula is C20H35N3O4S. The van der Waals surface area contributed by atoms with Gasteiger partial charge in [-0.3, -0.25) is 4.79 Å². The lowest BCUT2D eigenvalue weighted by Crippen LogP contribution is -2.39. The van der Waals surface area contributed by atoms with Crippen molar-refractivity contribution >= 4 is 23.2 Å².